The Labute approximate surface area is 200 Å². The summed E-state index contributed by atoms with van der Waals surface area (Å²) in [7, 11) is 2.83. The third-order valence-electron chi connectivity index (χ3n) is 5.16. The molecular formula is C28H29NO5. The lowest BCUT2D eigenvalue weighted by Gasteiger charge is -2.14. The number of hydrogen-bond donors (Lipinski definition) is 0. The van der Waals surface area contributed by atoms with Gasteiger partial charge in [0.1, 0.15) is 24.5 Å². The van der Waals surface area contributed by atoms with Crippen molar-refractivity contribution < 1.29 is 23.8 Å². The van der Waals surface area contributed by atoms with Crippen LogP contribution in [0.2, 0.25) is 0 Å². The lowest BCUT2D eigenvalue weighted by Crippen LogP contribution is -2.08. The van der Waals surface area contributed by atoms with E-state index in [0.717, 1.165) is 28.0 Å². The summed E-state index contributed by atoms with van der Waals surface area (Å²) in [5.74, 6) is 0.265. The minimum atomic E-state index is -0.473. The second kappa shape index (κ2) is 12.3. The van der Waals surface area contributed by atoms with Gasteiger partial charge in [-0.05, 0) is 59.9 Å². The van der Waals surface area contributed by atoms with Gasteiger partial charge in [-0.25, -0.2) is 4.79 Å². The van der Waals surface area contributed by atoms with Crippen LogP contribution < -0.4 is 4.74 Å². The number of esters is 1. The van der Waals surface area contributed by atoms with E-state index >= 15 is 0 Å². The highest BCUT2D eigenvalue weighted by molar-refractivity contribution is 6.16. The van der Waals surface area contributed by atoms with E-state index in [1.165, 1.54) is 26.0 Å². The monoisotopic (exact) mass is 459 g/mol. The Balaban J connectivity index is 1.64. The fourth-order valence-electron chi connectivity index (χ4n) is 3.32. The summed E-state index contributed by atoms with van der Waals surface area (Å²) >= 11 is 0. The van der Waals surface area contributed by atoms with Crippen molar-refractivity contribution in [1.29, 1.82) is 0 Å². The standard InChI is InChI=1S/C28H29NO5/c1-20-9-11-22(12-10-20)17-34-29-16-23-13-14-27(21(2)15-23)33-18-24-7-5-6-8-25(24)26(19-31-3)28(30)32-4/h5-16,19H,17-18H2,1-4H3/b26-19-,29-16+. The van der Waals surface area contributed by atoms with E-state index in [1.54, 1.807) is 6.21 Å². The Morgan fingerprint density at radius 1 is 0.941 bits per heavy atom. The third kappa shape index (κ3) is 6.72. The summed E-state index contributed by atoms with van der Waals surface area (Å²) in [5.41, 5.74) is 6.01. The van der Waals surface area contributed by atoms with E-state index in [2.05, 4.69) is 12.1 Å². The fourth-order valence-corrected chi connectivity index (χ4v) is 3.32. The Bertz CT molecular complexity index is 1170. The molecule has 0 aliphatic rings. The van der Waals surface area contributed by atoms with Crippen LogP contribution in [0.4, 0.5) is 0 Å². The van der Waals surface area contributed by atoms with Gasteiger partial charge in [-0.15, -0.1) is 0 Å². The number of aryl methyl sites for hydroxylation is 2. The molecule has 0 heterocycles. The van der Waals surface area contributed by atoms with Crippen LogP contribution in [0.3, 0.4) is 0 Å². The third-order valence-corrected chi connectivity index (χ3v) is 5.16. The molecule has 176 valence electrons. The molecule has 6 nitrogen and oxygen atoms in total. The molecule has 0 amide bonds. The minimum Gasteiger partial charge on any atom is -0.503 e. The summed E-state index contributed by atoms with van der Waals surface area (Å²) in [6.45, 7) is 4.72. The first-order chi connectivity index (χ1) is 16.5. The zero-order valence-electron chi connectivity index (χ0n) is 19.9. The van der Waals surface area contributed by atoms with E-state index < -0.39 is 5.97 Å². The van der Waals surface area contributed by atoms with Crippen LogP contribution >= 0.6 is 0 Å². The first kappa shape index (κ1) is 24.6. The fraction of sp³-hybridized carbons (Fsp3) is 0.214. The molecule has 3 rings (SSSR count). The summed E-state index contributed by atoms with van der Waals surface area (Å²) < 4.78 is 16.0. The first-order valence-corrected chi connectivity index (χ1v) is 10.9. The van der Waals surface area contributed by atoms with Crippen molar-refractivity contribution in [2.24, 2.45) is 5.16 Å². The van der Waals surface area contributed by atoms with Gasteiger partial charge >= 0.3 is 5.97 Å². The average molecular weight is 460 g/mol. The SMILES string of the molecule is CO/C=C(\C(=O)OC)c1ccccc1COc1ccc(/C=N/OCc2ccc(C)cc2)cc1C. The predicted molar refractivity (Wildman–Crippen MR) is 133 cm³/mol. The van der Waals surface area contributed by atoms with Gasteiger partial charge in [-0.1, -0.05) is 59.3 Å². The molecule has 0 aliphatic carbocycles. The van der Waals surface area contributed by atoms with Crippen LogP contribution in [0.5, 0.6) is 5.75 Å². The van der Waals surface area contributed by atoms with Crippen molar-refractivity contribution in [3.63, 3.8) is 0 Å². The molecule has 0 unspecified atom stereocenters. The summed E-state index contributed by atoms with van der Waals surface area (Å²) in [6.07, 6.45) is 3.06. The predicted octanol–water partition coefficient (Wildman–Crippen LogP) is 5.59. The molecule has 0 aromatic heterocycles. The quantitative estimate of drug-likeness (QED) is 0.130. The molecule has 3 aromatic carbocycles. The van der Waals surface area contributed by atoms with Crippen molar-refractivity contribution in [2.45, 2.75) is 27.1 Å². The van der Waals surface area contributed by atoms with Crippen molar-refractivity contribution in [2.75, 3.05) is 14.2 Å². The average Bonchev–Trinajstić information content (AvgIpc) is 2.85. The van der Waals surface area contributed by atoms with Gasteiger partial charge in [0, 0.05) is 0 Å². The van der Waals surface area contributed by atoms with Gasteiger partial charge in [-0.2, -0.15) is 0 Å². The number of hydrogen-bond acceptors (Lipinski definition) is 6. The Hall–Kier alpha value is -4.06. The molecule has 0 saturated heterocycles. The zero-order valence-corrected chi connectivity index (χ0v) is 19.9. The van der Waals surface area contributed by atoms with E-state index in [-0.39, 0.29) is 6.61 Å². The maximum absolute atomic E-state index is 12.2. The van der Waals surface area contributed by atoms with Gasteiger partial charge in [0.15, 0.2) is 0 Å². The zero-order chi connectivity index (χ0) is 24.3. The molecule has 6 heteroatoms. The van der Waals surface area contributed by atoms with Crippen LogP contribution in [0.25, 0.3) is 5.57 Å². The van der Waals surface area contributed by atoms with Crippen molar-refractivity contribution in [1.82, 2.24) is 0 Å². The maximum Gasteiger partial charge on any atom is 0.341 e. The number of methoxy groups -OCH3 is 2. The summed E-state index contributed by atoms with van der Waals surface area (Å²) in [4.78, 5) is 17.6. The van der Waals surface area contributed by atoms with Gasteiger partial charge < -0.3 is 19.0 Å². The largest absolute Gasteiger partial charge is 0.503 e. The van der Waals surface area contributed by atoms with Gasteiger partial charge in [0.05, 0.1) is 26.7 Å². The van der Waals surface area contributed by atoms with Gasteiger partial charge in [-0.3, -0.25) is 0 Å². The second-order valence-corrected chi connectivity index (χ2v) is 7.72. The molecule has 0 N–H and O–H groups in total. The van der Waals surface area contributed by atoms with E-state index in [4.69, 9.17) is 19.0 Å². The number of benzene rings is 3. The van der Waals surface area contributed by atoms with Crippen molar-refractivity contribution in [3.05, 3.63) is 106 Å². The van der Waals surface area contributed by atoms with E-state index in [9.17, 15) is 4.79 Å². The lowest BCUT2D eigenvalue weighted by molar-refractivity contribution is -0.133. The topological polar surface area (TPSA) is 66.4 Å². The summed E-state index contributed by atoms with van der Waals surface area (Å²) in [6, 6.07) is 21.4. The molecule has 0 saturated carbocycles. The highest BCUT2D eigenvalue weighted by Crippen LogP contribution is 2.24. The lowest BCUT2D eigenvalue weighted by atomic mass is 10.0. The number of ether oxygens (including phenoxy) is 3. The highest BCUT2D eigenvalue weighted by atomic mass is 16.6. The van der Waals surface area contributed by atoms with Crippen LogP contribution in [0.1, 0.15) is 33.4 Å². The summed E-state index contributed by atoms with van der Waals surface area (Å²) in [5, 5.41) is 4.07. The first-order valence-electron chi connectivity index (χ1n) is 10.9. The number of carbonyl (C=O) groups is 1. The molecule has 0 fully saturated rings. The van der Waals surface area contributed by atoms with E-state index in [1.807, 2.05) is 73.7 Å². The van der Waals surface area contributed by atoms with Crippen molar-refractivity contribution >= 4 is 17.8 Å². The van der Waals surface area contributed by atoms with Crippen LogP contribution in [0, 0.1) is 13.8 Å². The Kier molecular flexibility index (Phi) is 8.86. The molecule has 0 radical (unpaired) electrons. The van der Waals surface area contributed by atoms with Crippen molar-refractivity contribution in [3.8, 4) is 5.75 Å². The molecule has 0 spiro atoms. The normalized spacial score (nSPS) is 11.4. The Morgan fingerprint density at radius 3 is 2.41 bits per heavy atom. The van der Waals surface area contributed by atoms with Gasteiger partial charge in [0.2, 0.25) is 0 Å². The molecular weight excluding hydrogens is 430 g/mol. The van der Waals surface area contributed by atoms with E-state index in [0.29, 0.717) is 17.7 Å². The molecule has 0 aliphatic heterocycles. The highest BCUT2D eigenvalue weighted by Gasteiger charge is 2.17. The number of carbonyl (C=O) groups excluding carboxylic acids is 1. The molecule has 0 atom stereocenters. The maximum atomic E-state index is 12.2. The van der Waals surface area contributed by atoms with Crippen LogP contribution in [-0.2, 0) is 32.3 Å². The number of rotatable bonds is 10. The Morgan fingerprint density at radius 2 is 1.71 bits per heavy atom. The van der Waals surface area contributed by atoms with Crippen LogP contribution in [-0.4, -0.2) is 26.4 Å². The molecule has 0 bridgehead atoms. The van der Waals surface area contributed by atoms with Crippen LogP contribution in [0.15, 0.2) is 78.1 Å². The smallest absolute Gasteiger partial charge is 0.341 e. The second-order valence-electron chi connectivity index (χ2n) is 7.72. The van der Waals surface area contributed by atoms with Gasteiger partial charge in [0.25, 0.3) is 0 Å². The molecule has 34 heavy (non-hydrogen) atoms. The molecule has 3 aromatic rings. The minimum absolute atomic E-state index is 0.280. The number of nitrogens with zero attached hydrogens (tertiary/aromatic N) is 1. The number of oxime groups is 1.